The quantitative estimate of drug-likeness (QED) is 0.769. The first-order chi connectivity index (χ1) is 7.25. The third-order valence-corrected chi connectivity index (χ3v) is 2.18. The summed E-state index contributed by atoms with van der Waals surface area (Å²) in [6, 6.07) is 7.25. The van der Waals surface area contributed by atoms with E-state index < -0.39 is 0 Å². The van der Waals surface area contributed by atoms with E-state index >= 15 is 0 Å². The fourth-order valence-corrected chi connectivity index (χ4v) is 1.32. The Balaban J connectivity index is 2.26. The van der Waals surface area contributed by atoms with E-state index in [1.165, 1.54) is 17.1 Å². The molecule has 0 saturated heterocycles. The Morgan fingerprint density at radius 2 is 1.93 bits per heavy atom. The van der Waals surface area contributed by atoms with Crippen molar-refractivity contribution in [3.63, 3.8) is 0 Å². The van der Waals surface area contributed by atoms with Gasteiger partial charge in [-0.2, -0.15) is 10.1 Å². The molecule has 0 aliphatic carbocycles. The van der Waals surface area contributed by atoms with E-state index in [1.807, 2.05) is 12.1 Å². The van der Waals surface area contributed by atoms with Crippen molar-refractivity contribution in [1.82, 2.24) is 14.8 Å². The van der Waals surface area contributed by atoms with Crippen LogP contribution in [-0.2, 0) is 6.54 Å². The Bertz CT molecular complexity index is 507. The van der Waals surface area contributed by atoms with Crippen LogP contribution in [0.3, 0.4) is 0 Å². The van der Waals surface area contributed by atoms with Gasteiger partial charge in [0.15, 0.2) is 0 Å². The van der Waals surface area contributed by atoms with Gasteiger partial charge in [-0.05, 0) is 17.7 Å². The predicted molar refractivity (Wildman–Crippen MR) is 56.8 cm³/mol. The standard InChI is InChI=1S/C10H8ClN3O/c11-9-3-1-8(2-4-9)7-14-10(15)12-5-6-13-14/h1-6H,7H2. The number of hydrogen-bond donors (Lipinski definition) is 0. The summed E-state index contributed by atoms with van der Waals surface area (Å²) in [6.07, 6.45) is 2.86. The van der Waals surface area contributed by atoms with Crippen molar-refractivity contribution < 1.29 is 0 Å². The van der Waals surface area contributed by atoms with E-state index in [9.17, 15) is 4.79 Å². The average molecular weight is 222 g/mol. The number of benzene rings is 1. The maximum atomic E-state index is 11.3. The summed E-state index contributed by atoms with van der Waals surface area (Å²) in [6.45, 7) is 0.407. The van der Waals surface area contributed by atoms with Gasteiger partial charge in [0.05, 0.1) is 18.9 Å². The summed E-state index contributed by atoms with van der Waals surface area (Å²) < 4.78 is 1.29. The molecule has 5 heteroatoms. The first kappa shape index (κ1) is 9.86. The zero-order valence-electron chi connectivity index (χ0n) is 7.80. The Labute approximate surface area is 91.2 Å². The van der Waals surface area contributed by atoms with E-state index in [1.54, 1.807) is 12.1 Å². The Kier molecular flexibility index (Phi) is 2.78. The van der Waals surface area contributed by atoms with Gasteiger partial charge in [-0.3, -0.25) is 0 Å². The highest BCUT2D eigenvalue weighted by Gasteiger charge is 1.98. The zero-order valence-corrected chi connectivity index (χ0v) is 8.55. The van der Waals surface area contributed by atoms with Gasteiger partial charge in [0.1, 0.15) is 0 Å². The molecule has 0 spiro atoms. The van der Waals surface area contributed by atoms with Crippen LogP contribution in [0.5, 0.6) is 0 Å². The molecule has 0 saturated carbocycles. The molecule has 0 amide bonds. The lowest BCUT2D eigenvalue weighted by molar-refractivity contribution is 0.613. The number of aromatic nitrogens is 3. The molecule has 0 aliphatic rings. The fourth-order valence-electron chi connectivity index (χ4n) is 1.19. The van der Waals surface area contributed by atoms with Crippen molar-refractivity contribution in [2.24, 2.45) is 0 Å². The summed E-state index contributed by atoms with van der Waals surface area (Å²) in [4.78, 5) is 14.9. The highest BCUT2D eigenvalue weighted by molar-refractivity contribution is 6.30. The lowest BCUT2D eigenvalue weighted by Crippen LogP contribution is -2.24. The third kappa shape index (κ3) is 2.41. The first-order valence-corrected chi connectivity index (χ1v) is 4.76. The Morgan fingerprint density at radius 1 is 1.20 bits per heavy atom. The molecular weight excluding hydrogens is 214 g/mol. The van der Waals surface area contributed by atoms with Gasteiger partial charge in [0.2, 0.25) is 0 Å². The maximum Gasteiger partial charge on any atom is 0.364 e. The topological polar surface area (TPSA) is 47.8 Å². The van der Waals surface area contributed by atoms with E-state index in [-0.39, 0.29) is 5.69 Å². The van der Waals surface area contributed by atoms with Gasteiger partial charge < -0.3 is 0 Å². The molecule has 76 valence electrons. The molecule has 0 fully saturated rings. The van der Waals surface area contributed by atoms with E-state index in [4.69, 9.17) is 11.6 Å². The zero-order chi connectivity index (χ0) is 10.7. The van der Waals surface area contributed by atoms with Gasteiger partial charge in [-0.25, -0.2) is 9.48 Å². The molecule has 15 heavy (non-hydrogen) atoms. The fraction of sp³-hybridized carbons (Fsp3) is 0.100. The minimum absolute atomic E-state index is 0.354. The van der Waals surface area contributed by atoms with E-state index in [2.05, 4.69) is 10.1 Å². The predicted octanol–water partition coefficient (Wildman–Crippen LogP) is 1.34. The summed E-state index contributed by atoms with van der Waals surface area (Å²) in [7, 11) is 0. The molecule has 4 nitrogen and oxygen atoms in total. The molecule has 1 aromatic heterocycles. The minimum Gasteiger partial charge on any atom is -0.244 e. The third-order valence-electron chi connectivity index (χ3n) is 1.92. The second-order valence-electron chi connectivity index (χ2n) is 3.01. The highest BCUT2D eigenvalue weighted by atomic mass is 35.5. The monoisotopic (exact) mass is 221 g/mol. The van der Waals surface area contributed by atoms with Crippen LogP contribution in [0.25, 0.3) is 0 Å². The molecule has 0 atom stereocenters. The van der Waals surface area contributed by atoms with Crippen LogP contribution in [0.4, 0.5) is 0 Å². The summed E-state index contributed by atoms with van der Waals surface area (Å²) in [5.41, 5.74) is 0.606. The van der Waals surface area contributed by atoms with E-state index in [0.29, 0.717) is 11.6 Å². The van der Waals surface area contributed by atoms with Crippen LogP contribution in [0.15, 0.2) is 41.5 Å². The molecule has 0 radical (unpaired) electrons. The molecule has 0 bridgehead atoms. The first-order valence-electron chi connectivity index (χ1n) is 4.38. The lowest BCUT2D eigenvalue weighted by atomic mass is 10.2. The summed E-state index contributed by atoms with van der Waals surface area (Å²) in [5, 5.41) is 4.58. The largest absolute Gasteiger partial charge is 0.364 e. The van der Waals surface area contributed by atoms with Crippen molar-refractivity contribution >= 4 is 11.6 Å². The Morgan fingerprint density at radius 3 is 2.60 bits per heavy atom. The molecule has 2 rings (SSSR count). The van der Waals surface area contributed by atoms with Gasteiger partial charge in [-0.1, -0.05) is 23.7 Å². The molecule has 0 aliphatic heterocycles. The maximum absolute atomic E-state index is 11.3. The van der Waals surface area contributed by atoms with E-state index in [0.717, 1.165) is 5.56 Å². The van der Waals surface area contributed by atoms with Crippen molar-refractivity contribution in [3.8, 4) is 0 Å². The summed E-state index contributed by atoms with van der Waals surface area (Å²) >= 11 is 5.75. The van der Waals surface area contributed by atoms with Crippen LogP contribution in [0.2, 0.25) is 5.02 Å². The molecule has 2 aromatic rings. The van der Waals surface area contributed by atoms with Gasteiger partial charge >= 0.3 is 5.69 Å². The van der Waals surface area contributed by atoms with Gasteiger partial charge in [-0.15, -0.1) is 0 Å². The number of halogens is 1. The second-order valence-corrected chi connectivity index (χ2v) is 3.45. The molecule has 1 aromatic carbocycles. The summed E-state index contributed by atoms with van der Waals surface area (Å²) in [5.74, 6) is 0. The van der Waals surface area contributed by atoms with Crippen molar-refractivity contribution in [3.05, 3.63) is 57.7 Å². The van der Waals surface area contributed by atoms with Gasteiger partial charge in [0, 0.05) is 5.02 Å². The van der Waals surface area contributed by atoms with Crippen molar-refractivity contribution in [2.75, 3.05) is 0 Å². The molecule has 0 unspecified atom stereocenters. The Hall–Kier alpha value is -1.68. The second kappa shape index (κ2) is 4.23. The van der Waals surface area contributed by atoms with Crippen LogP contribution in [-0.4, -0.2) is 14.8 Å². The average Bonchev–Trinajstić information content (AvgIpc) is 2.25. The van der Waals surface area contributed by atoms with Crippen LogP contribution >= 0.6 is 11.6 Å². The van der Waals surface area contributed by atoms with Crippen molar-refractivity contribution in [2.45, 2.75) is 6.54 Å². The van der Waals surface area contributed by atoms with Crippen molar-refractivity contribution in [1.29, 1.82) is 0 Å². The SMILES string of the molecule is O=c1nccnn1Cc1ccc(Cl)cc1. The van der Waals surface area contributed by atoms with Crippen LogP contribution < -0.4 is 5.69 Å². The number of nitrogens with zero attached hydrogens (tertiary/aromatic N) is 3. The lowest BCUT2D eigenvalue weighted by Gasteiger charge is -2.02. The van der Waals surface area contributed by atoms with Gasteiger partial charge in [0.25, 0.3) is 0 Å². The molecular formula is C10H8ClN3O. The molecule has 1 heterocycles. The normalized spacial score (nSPS) is 10.2. The minimum atomic E-state index is -0.354. The number of hydrogen-bond acceptors (Lipinski definition) is 3. The van der Waals surface area contributed by atoms with Crippen LogP contribution in [0.1, 0.15) is 5.56 Å². The van der Waals surface area contributed by atoms with Crippen LogP contribution in [0, 0.1) is 0 Å². The molecule has 0 N–H and O–H groups in total. The number of rotatable bonds is 2. The smallest absolute Gasteiger partial charge is 0.244 e. The highest BCUT2D eigenvalue weighted by Crippen LogP contribution is 2.09.